The first-order valence-corrected chi connectivity index (χ1v) is 5.27. The fourth-order valence-electron chi connectivity index (χ4n) is 1.14. The maximum atomic E-state index is 3.48. The SMILES string of the molecule is CCCCCCNCC(C)(C)C.[HH]. The van der Waals surface area contributed by atoms with Gasteiger partial charge in [-0.05, 0) is 24.9 Å². The summed E-state index contributed by atoms with van der Waals surface area (Å²) in [5.41, 5.74) is 0.435. The third-order valence-electron chi connectivity index (χ3n) is 1.86. The van der Waals surface area contributed by atoms with Crippen molar-refractivity contribution in [2.75, 3.05) is 13.1 Å². The zero-order valence-electron chi connectivity index (χ0n) is 9.24. The Morgan fingerprint density at radius 1 is 1.08 bits per heavy atom. The molecule has 0 aromatic heterocycles. The van der Waals surface area contributed by atoms with Crippen molar-refractivity contribution in [3.05, 3.63) is 0 Å². The molecule has 0 radical (unpaired) electrons. The van der Waals surface area contributed by atoms with Crippen molar-refractivity contribution >= 4 is 0 Å². The maximum absolute atomic E-state index is 3.48. The van der Waals surface area contributed by atoms with Crippen molar-refractivity contribution in [2.45, 2.75) is 53.4 Å². The van der Waals surface area contributed by atoms with E-state index in [4.69, 9.17) is 0 Å². The summed E-state index contributed by atoms with van der Waals surface area (Å²) in [4.78, 5) is 0. The van der Waals surface area contributed by atoms with E-state index in [0.29, 0.717) is 5.41 Å². The van der Waals surface area contributed by atoms with Crippen LogP contribution in [0.4, 0.5) is 0 Å². The van der Waals surface area contributed by atoms with E-state index in [2.05, 4.69) is 33.0 Å². The molecule has 1 nitrogen and oxygen atoms in total. The van der Waals surface area contributed by atoms with E-state index in [1.165, 1.54) is 32.2 Å². The van der Waals surface area contributed by atoms with Crippen LogP contribution >= 0.6 is 0 Å². The Labute approximate surface area is 79.4 Å². The van der Waals surface area contributed by atoms with Gasteiger partial charge in [0, 0.05) is 1.43 Å². The predicted molar refractivity (Wildman–Crippen MR) is 58.6 cm³/mol. The van der Waals surface area contributed by atoms with Crippen molar-refractivity contribution in [1.29, 1.82) is 0 Å². The average molecular weight is 173 g/mol. The van der Waals surface area contributed by atoms with E-state index in [9.17, 15) is 0 Å². The van der Waals surface area contributed by atoms with E-state index < -0.39 is 0 Å². The van der Waals surface area contributed by atoms with Gasteiger partial charge in [0.1, 0.15) is 0 Å². The second-order valence-electron chi connectivity index (χ2n) is 4.80. The van der Waals surface area contributed by atoms with Crippen molar-refractivity contribution in [3.63, 3.8) is 0 Å². The van der Waals surface area contributed by atoms with Gasteiger partial charge in [0.05, 0.1) is 0 Å². The molecular formula is C11H27N. The fraction of sp³-hybridized carbons (Fsp3) is 1.00. The fourth-order valence-corrected chi connectivity index (χ4v) is 1.14. The molecule has 0 saturated heterocycles. The van der Waals surface area contributed by atoms with Crippen LogP contribution in [-0.4, -0.2) is 13.1 Å². The molecule has 0 saturated carbocycles. The number of nitrogens with one attached hydrogen (secondary N) is 1. The van der Waals surface area contributed by atoms with Gasteiger partial charge in [-0.2, -0.15) is 0 Å². The van der Waals surface area contributed by atoms with Crippen LogP contribution in [0, 0.1) is 5.41 Å². The van der Waals surface area contributed by atoms with E-state index in [0.717, 1.165) is 6.54 Å². The molecule has 1 heteroatoms. The molecule has 1 N–H and O–H groups in total. The minimum Gasteiger partial charge on any atom is -0.316 e. The molecule has 0 aliphatic rings. The van der Waals surface area contributed by atoms with Crippen LogP contribution in [-0.2, 0) is 0 Å². The largest absolute Gasteiger partial charge is 0.316 e. The Balaban J connectivity index is 0. The second-order valence-corrected chi connectivity index (χ2v) is 4.80. The van der Waals surface area contributed by atoms with Crippen LogP contribution in [0.3, 0.4) is 0 Å². The number of rotatable bonds is 6. The topological polar surface area (TPSA) is 12.0 Å². The lowest BCUT2D eigenvalue weighted by Crippen LogP contribution is -2.27. The highest BCUT2D eigenvalue weighted by Crippen LogP contribution is 2.10. The highest BCUT2D eigenvalue weighted by atomic mass is 14.9. The van der Waals surface area contributed by atoms with Gasteiger partial charge in [-0.1, -0.05) is 47.0 Å². The summed E-state index contributed by atoms with van der Waals surface area (Å²) in [5, 5.41) is 3.48. The standard InChI is InChI=1S/C11H25N.H2/c1-5-6-7-8-9-12-10-11(2,3)4;/h12H,5-10H2,1-4H3;1H. The molecule has 0 aliphatic heterocycles. The highest BCUT2D eigenvalue weighted by molar-refractivity contribution is 4.64. The van der Waals surface area contributed by atoms with Crippen LogP contribution in [0.15, 0.2) is 0 Å². The van der Waals surface area contributed by atoms with Crippen molar-refractivity contribution < 1.29 is 1.43 Å². The Hall–Kier alpha value is -0.0400. The monoisotopic (exact) mass is 173 g/mol. The average Bonchev–Trinajstić information content (AvgIpc) is 1.94. The quantitative estimate of drug-likeness (QED) is 0.607. The van der Waals surface area contributed by atoms with Crippen LogP contribution in [0.5, 0.6) is 0 Å². The summed E-state index contributed by atoms with van der Waals surface area (Å²) in [7, 11) is 0. The lowest BCUT2D eigenvalue weighted by molar-refractivity contribution is 0.377. The molecule has 0 unspecified atom stereocenters. The Morgan fingerprint density at radius 2 is 1.75 bits per heavy atom. The first kappa shape index (κ1) is 12.0. The van der Waals surface area contributed by atoms with Gasteiger partial charge in [-0.15, -0.1) is 0 Å². The van der Waals surface area contributed by atoms with Crippen molar-refractivity contribution in [3.8, 4) is 0 Å². The van der Waals surface area contributed by atoms with Crippen molar-refractivity contribution in [2.24, 2.45) is 5.41 Å². The smallest absolute Gasteiger partial charge is 0 e. The van der Waals surface area contributed by atoms with Crippen LogP contribution in [0.2, 0.25) is 0 Å². The predicted octanol–water partition coefficient (Wildman–Crippen LogP) is 3.45. The lowest BCUT2D eigenvalue weighted by atomic mass is 9.97. The van der Waals surface area contributed by atoms with E-state index in [1.807, 2.05) is 0 Å². The normalized spacial score (nSPS) is 12.0. The van der Waals surface area contributed by atoms with E-state index in [1.54, 1.807) is 0 Å². The molecule has 0 aliphatic carbocycles. The molecule has 0 aromatic carbocycles. The summed E-state index contributed by atoms with van der Waals surface area (Å²) in [6, 6.07) is 0. The molecule has 12 heavy (non-hydrogen) atoms. The number of hydrogen-bond acceptors (Lipinski definition) is 1. The van der Waals surface area contributed by atoms with Gasteiger partial charge >= 0.3 is 0 Å². The van der Waals surface area contributed by atoms with Crippen LogP contribution in [0.1, 0.15) is 54.8 Å². The summed E-state index contributed by atoms with van der Waals surface area (Å²) in [6.45, 7) is 11.4. The molecule has 0 spiro atoms. The zero-order valence-corrected chi connectivity index (χ0v) is 9.24. The second kappa shape index (κ2) is 6.47. The summed E-state index contributed by atoms with van der Waals surface area (Å²) < 4.78 is 0. The lowest BCUT2D eigenvalue weighted by Gasteiger charge is -2.18. The van der Waals surface area contributed by atoms with Gasteiger partial charge in [0.25, 0.3) is 0 Å². The van der Waals surface area contributed by atoms with Gasteiger partial charge in [0.2, 0.25) is 0 Å². The molecule has 0 rings (SSSR count). The molecule has 0 bridgehead atoms. The number of unbranched alkanes of at least 4 members (excludes halogenated alkanes) is 3. The Bertz CT molecular complexity index is 96.8. The Kier molecular flexibility index (Phi) is 6.45. The third-order valence-corrected chi connectivity index (χ3v) is 1.86. The highest BCUT2D eigenvalue weighted by Gasteiger charge is 2.07. The van der Waals surface area contributed by atoms with Crippen LogP contribution in [0.25, 0.3) is 0 Å². The van der Waals surface area contributed by atoms with Gasteiger partial charge in [0.15, 0.2) is 0 Å². The molecule has 0 heterocycles. The third kappa shape index (κ3) is 9.96. The molecular weight excluding hydrogens is 146 g/mol. The number of hydrogen-bond donors (Lipinski definition) is 1. The minimum absolute atomic E-state index is 0. The summed E-state index contributed by atoms with van der Waals surface area (Å²) in [5.74, 6) is 0. The van der Waals surface area contributed by atoms with Crippen LogP contribution < -0.4 is 5.32 Å². The molecule has 0 fully saturated rings. The molecule has 0 atom stereocenters. The maximum Gasteiger partial charge on any atom is 0 e. The first-order chi connectivity index (χ1) is 5.56. The first-order valence-electron chi connectivity index (χ1n) is 5.27. The minimum atomic E-state index is 0. The van der Waals surface area contributed by atoms with Crippen molar-refractivity contribution in [1.82, 2.24) is 5.32 Å². The zero-order chi connectivity index (χ0) is 9.45. The summed E-state index contributed by atoms with van der Waals surface area (Å²) >= 11 is 0. The van der Waals surface area contributed by atoms with Gasteiger partial charge in [-0.3, -0.25) is 0 Å². The van der Waals surface area contributed by atoms with Gasteiger partial charge in [-0.25, -0.2) is 0 Å². The van der Waals surface area contributed by atoms with E-state index in [-0.39, 0.29) is 1.43 Å². The molecule has 0 amide bonds. The summed E-state index contributed by atoms with van der Waals surface area (Å²) in [6.07, 6.45) is 5.44. The van der Waals surface area contributed by atoms with E-state index >= 15 is 0 Å². The van der Waals surface area contributed by atoms with Gasteiger partial charge < -0.3 is 5.32 Å². The molecule has 0 aromatic rings. The molecule has 76 valence electrons. The Morgan fingerprint density at radius 3 is 2.25 bits per heavy atom.